The van der Waals surface area contributed by atoms with Crippen LogP contribution in [-0.2, 0) is 9.53 Å². The number of thioether (sulfide) groups is 1. The van der Waals surface area contributed by atoms with Gasteiger partial charge in [0, 0.05) is 11.8 Å². The zero-order valence-electron chi connectivity index (χ0n) is 8.73. The van der Waals surface area contributed by atoms with Gasteiger partial charge in [0.05, 0.1) is 12.3 Å². The van der Waals surface area contributed by atoms with Crippen LogP contribution in [0, 0.1) is 6.92 Å². The Kier molecular flexibility index (Phi) is 4.97. The molecule has 0 aliphatic heterocycles. The van der Waals surface area contributed by atoms with E-state index in [4.69, 9.17) is 9.15 Å². The number of hydrogen-bond donors (Lipinski definition) is 0. The summed E-state index contributed by atoms with van der Waals surface area (Å²) in [6, 6.07) is 0. The van der Waals surface area contributed by atoms with Gasteiger partial charge in [-0.1, -0.05) is 17.8 Å². The van der Waals surface area contributed by atoms with Crippen LogP contribution in [0.2, 0.25) is 0 Å². The topological polar surface area (TPSA) is 52.3 Å². The minimum absolute atomic E-state index is 0.318. The first-order chi connectivity index (χ1) is 7.22. The van der Waals surface area contributed by atoms with Gasteiger partial charge in [0.1, 0.15) is 6.26 Å². The van der Waals surface area contributed by atoms with E-state index in [0.717, 1.165) is 5.69 Å². The summed E-state index contributed by atoms with van der Waals surface area (Å²) in [5, 5.41) is 0.612. The van der Waals surface area contributed by atoms with E-state index in [1.54, 1.807) is 19.3 Å². The monoisotopic (exact) mass is 227 g/mol. The number of ether oxygens (including phenoxy) is 1. The van der Waals surface area contributed by atoms with Crippen LogP contribution in [0.5, 0.6) is 0 Å². The number of carbonyl (C=O) groups is 1. The summed E-state index contributed by atoms with van der Waals surface area (Å²) in [5.41, 5.74) is 0.854. The molecule has 1 heterocycles. The lowest BCUT2D eigenvalue weighted by atomic mass is 10.5. The highest BCUT2D eigenvalue weighted by Crippen LogP contribution is 2.16. The third-order valence-electron chi connectivity index (χ3n) is 1.44. The lowest BCUT2D eigenvalue weighted by molar-refractivity contribution is -0.137. The fourth-order valence-electron chi connectivity index (χ4n) is 0.853. The second kappa shape index (κ2) is 6.29. The molecule has 0 amide bonds. The zero-order chi connectivity index (χ0) is 11.1. The predicted molar refractivity (Wildman–Crippen MR) is 57.7 cm³/mol. The molecule has 15 heavy (non-hydrogen) atoms. The van der Waals surface area contributed by atoms with Gasteiger partial charge in [0.2, 0.25) is 0 Å². The molecule has 4 nitrogen and oxygen atoms in total. The number of rotatable bonds is 5. The number of carbonyl (C=O) groups excluding carboxylic acids is 1. The minimum Gasteiger partial charge on any atom is -0.463 e. The molecule has 0 radical (unpaired) electrons. The molecule has 0 unspecified atom stereocenters. The van der Waals surface area contributed by atoms with Gasteiger partial charge in [0.25, 0.3) is 5.22 Å². The number of hydrogen-bond acceptors (Lipinski definition) is 5. The zero-order valence-corrected chi connectivity index (χ0v) is 9.54. The molecule has 0 aromatic carbocycles. The fraction of sp³-hybridized carbons (Fsp3) is 0.400. The smallest absolute Gasteiger partial charge is 0.330 e. The number of aryl methyl sites for hydroxylation is 1. The Morgan fingerprint density at radius 1 is 1.73 bits per heavy atom. The summed E-state index contributed by atoms with van der Waals surface area (Å²) in [4.78, 5) is 15.0. The Hall–Kier alpha value is -1.23. The van der Waals surface area contributed by atoms with Crippen molar-refractivity contribution >= 4 is 17.7 Å². The van der Waals surface area contributed by atoms with E-state index in [1.807, 2.05) is 6.92 Å². The molecule has 0 aliphatic carbocycles. The summed E-state index contributed by atoms with van der Waals surface area (Å²) in [6.07, 6.45) is 4.73. The van der Waals surface area contributed by atoms with Crippen molar-refractivity contribution in [3.8, 4) is 0 Å². The molecule has 0 aliphatic rings. The van der Waals surface area contributed by atoms with E-state index in [-0.39, 0.29) is 5.97 Å². The molecule has 0 saturated carbocycles. The van der Waals surface area contributed by atoms with Crippen molar-refractivity contribution in [3.05, 3.63) is 24.1 Å². The van der Waals surface area contributed by atoms with Gasteiger partial charge >= 0.3 is 5.97 Å². The molecule has 5 heteroatoms. The lowest BCUT2D eigenvalue weighted by Crippen LogP contribution is -1.98. The van der Waals surface area contributed by atoms with E-state index < -0.39 is 0 Å². The first-order valence-corrected chi connectivity index (χ1v) is 5.59. The number of aromatic nitrogens is 1. The highest BCUT2D eigenvalue weighted by atomic mass is 32.2. The summed E-state index contributed by atoms with van der Waals surface area (Å²) in [6.45, 7) is 4.04. The molecule has 0 N–H and O–H groups in total. The van der Waals surface area contributed by atoms with Crippen molar-refractivity contribution in [3.63, 3.8) is 0 Å². The SMILES string of the molecule is CCOC(=O)/C=C/CSc1nc(C)co1. The van der Waals surface area contributed by atoms with Crippen LogP contribution in [0.4, 0.5) is 0 Å². The second-order valence-corrected chi connectivity index (χ2v) is 3.69. The highest BCUT2D eigenvalue weighted by molar-refractivity contribution is 7.99. The minimum atomic E-state index is -0.318. The molecule has 0 saturated heterocycles. The van der Waals surface area contributed by atoms with Gasteiger partial charge in [-0.05, 0) is 13.8 Å². The quantitative estimate of drug-likeness (QED) is 0.438. The maximum Gasteiger partial charge on any atom is 0.330 e. The highest BCUT2D eigenvalue weighted by Gasteiger charge is 1.99. The molecule has 82 valence electrons. The van der Waals surface area contributed by atoms with E-state index in [0.29, 0.717) is 17.6 Å². The molecule has 1 rings (SSSR count). The van der Waals surface area contributed by atoms with Crippen LogP contribution in [0.3, 0.4) is 0 Å². The van der Waals surface area contributed by atoms with Gasteiger partial charge in [0.15, 0.2) is 0 Å². The van der Waals surface area contributed by atoms with Crippen molar-refractivity contribution in [2.75, 3.05) is 12.4 Å². The standard InChI is InChI=1S/C10H13NO3S/c1-3-13-9(12)5-4-6-15-10-11-8(2)7-14-10/h4-5,7H,3,6H2,1-2H3/b5-4+. The maximum absolute atomic E-state index is 10.9. The fourth-order valence-corrected chi connectivity index (χ4v) is 1.51. The Labute approximate surface area is 92.7 Å². The van der Waals surface area contributed by atoms with Gasteiger partial charge in [-0.2, -0.15) is 0 Å². The molecule has 0 spiro atoms. The summed E-state index contributed by atoms with van der Waals surface area (Å²) >= 11 is 1.43. The molecule has 0 fully saturated rings. The Morgan fingerprint density at radius 3 is 3.13 bits per heavy atom. The van der Waals surface area contributed by atoms with Crippen molar-refractivity contribution < 1.29 is 13.9 Å². The second-order valence-electron chi connectivity index (χ2n) is 2.72. The van der Waals surface area contributed by atoms with Crippen LogP contribution in [0.15, 0.2) is 28.1 Å². The summed E-state index contributed by atoms with van der Waals surface area (Å²) < 4.78 is 9.84. The summed E-state index contributed by atoms with van der Waals surface area (Å²) in [5.74, 6) is 0.320. The molecular formula is C10H13NO3S. The molecule has 0 atom stereocenters. The van der Waals surface area contributed by atoms with E-state index in [9.17, 15) is 4.79 Å². The Balaban J connectivity index is 2.24. The molecule has 1 aromatic rings. The normalized spacial score (nSPS) is 10.8. The van der Waals surface area contributed by atoms with E-state index in [1.165, 1.54) is 17.8 Å². The van der Waals surface area contributed by atoms with Gasteiger partial charge in [-0.15, -0.1) is 0 Å². The Morgan fingerprint density at radius 2 is 2.53 bits per heavy atom. The van der Waals surface area contributed by atoms with E-state index >= 15 is 0 Å². The average molecular weight is 227 g/mol. The number of esters is 1. The van der Waals surface area contributed by atoms with Crippen molar-refractivity contribution in [2.45, 2.75) is 19.1 Å². The van der Waals surface area contributed by atoms with Gasteiger partial charge in [-0.3, -0.25) is 0 Å². The molecule has 0 bridgehead atoms. The number of oxazole rings is 1. The first kappa shape index (κ1) is 11.8. The van der Waals surface area contributed by atoms with Gasteiger partial charge in [-0.25, -0.2) is 9.78 Å². The third kappa shape index (κ3) is 4.69. The summed E-state index contributed by atoms with van der Waals surface area (Å²) in [7, 11) is 0. The van der Waals surface area contributed by atoms with Crippen molar-refractivity contribution in [2.24, 2.45) is 0 Å². The van der Waals surface area contributed by atoms with Crippen molar-refractivity contribution in [1.29, 1.82) is 0 Å². The molecular weight excluding hydrogens is 214 g/mol. The average Bonchev–Trinajstić information content (AvgIpc) is 2.60. The van der Waals surface area contributed by atoms with Crippen LogP contribution in [-0.4, -0.2) is 23.3 Å². The van der Waals surface area contributed by atoms with E-state index in [2.05, 4.69) is 4.98 Å². The van der Waals surface area contributed by atoms with Crippen LogP contribution in [0.25, 0.3) is 0 Å². The lowest BCUT2D eigenvalue weighted by Gasteiger charge is -1.93. The molecule has 1 aromatic heterocycles. The van der Waals surface area contributed by atoms with Crippen LogP contribution >= 0.6 is 11.8 Å². The number of nitrogens with zero attached hydrogens (tertiary/aromatic N) is 1. The van der Waals surface area contributed by atoms with Gasteiger partial charge < -0.3 is 9.15 Å². The maximum atomic E-state index is 10.9. The van der Waals surface area contributed by atoms with Crippen molar-refractivity contribution in [1.82, 2.24) is 4.98 Å². The van der Waals surface area contributed by atoms with Crippen LogP contribution in [0.1, 0.15) is 12.6 Å². The third-order valence-corrected chi connectivity index (χ3v) is 2.24. The predicted octanol–water partition coefficient (Wildman–Crippen LogP) is 2.19. The first-order valence-electron chi connectivity index (χ1n) is 4.60. The van der Waals surface area contributed by atoms with Crippen LogP contribution < -0.4 is 0 Å². The Bertz CT molecular complexity index is 346. The largest absolute Gasteiger partial charge is 0.463 e.